The number of nitrogens with zero attached hydrogens (tertiary/aromatic N) is 2. The first-order valence-corrected chi connectivity index (χ1v) is 7.37. The molecule has 0 aliphatic rings. The predicted octanol–water partition coefficient (Wildman–Crippen LogP) is 4.17. The second kappa shape index (κ2) is 9.32. The lowest BCUT2D eigenvalue weighted by Gasteiger charge is -2.00. The van der Waals surface area contributed by atoms with Crippen molar-refractivity contribution in [3.8, 4) is 11.8 Å². The lowest BCUT2D eigenvalue weighted by atomic mass is 10.0. The molecule has 3 heteroatoms. The van der Waals surface area contributed by atoms with Crippen molar-refractivity contribution in [1.82, 2.24) is 0 Å². The molecule has 0 saturated heterocycles. The molecule has 1 aromatic rings. The van der Waals surface area contributed by atoms with Crippen LogP contribution < -0.4 is 0 Å². The maximum absolute atomic E-state index is 11.4. The van der Waals surface area contributed by atoms with Crippen LogP contribution in [-0.2, 0) is 0 Å². The van der Waals surface area contributed by atoms with Gasteiger partial charge in [-0.25, -0.2) is 0 Å². The summed E-state index contributed by atoms with van der Waals surface area (Å²) in [5.41, 5.74) is 4.33. The van der Waals surface area contributed by atoms with Gasteiger partial charge in [0, 0.05) is 41.9 Å². The van der Waals surface area contributed by atoms with Gasteiger partial charge in [0.25, 0.3) is 0 Å². The minimum absolute atomic E-state index is 0.0444. The fourth-order valence-corrected chi connectivity index (χ4v) is 1.68. The lowest BCUT2D eigenvalue weighted by Crippen LogP contribution is -1.94. The maximum atomic E-state index is 11.4. The lowest BCUT2D eigenvalue weighted by molar-refractivity contribution is 0.101. The second-order valence-corrected chi connectivity index (χ2v) is 5.18. The van der Waals surface area contributed by atoms with Gasteiger partial charge in [-0.1, -0.05) is 24.0 Å². The number of ketones is 1. The highest BCUT2D eigenvalue weighted by Crippen LogP contribution is 2.11. The van der Waals surface area contributed by atoms with Gasteiger partial charge in [0.2, 0.25) is 0 Å². The molecule has 3 nitrogen and oxygen atoms in total. The van der Waals surface area contributed by atoms with E-state index in [0.717, 1.165) is 22.4 Å². The third kappa shape index (κ3) is 6.71. The Hall–Kier alpha value is -2.73. The van der Waals surface area contributed by atoms with Crippen molar-refractivity contribution in [3.05, 3.63) is 58.8 Å². The molecule has 0 fully saturated rings. The largest absolute Gasteiger partial charge is 0.297 e. The van der Waals surface area contributed by atoms with Gasteiger partial charge in [-0.15, -0.1) is 0 Å². The number of carbonyl (C=O) groups is 1. The van der Waals surface area contributed by atoms with Gasteiger partial charge in [0.05, 0.1) is 0 Å². The molecule has 0 spiro atoms. The summed E-state index contributed by atoms with van der Waals surface area (Å²) in [5.74, 6) is 6.22. The van der Waals surface area contributed by atoms with Crippen LogP contribution in [0.2, 0.25) is 0 Å². The highest BCUT2D eigenvalue weighted by Gasteiger charge is 2.01. The van der Waals surface area contributed by atoms with Crippen molar-refractivity contribution in [2.45, 2.75) is 27.7 Å². The Bertz CT molecular complexity index is 754. The predicted molar refractivity (Wildman–Crippen MR) is 98.5 cm³/mol. The minimum atomic E-state index is 0.0444. The van der Waals surface area contributed by atoms with Crippen LogP contribution in [0.1, 0.15) is 42.3 Å². The number of hydrogen-bond donors (Lipinski definition) is 0. The van der Waals surface area contributed by atoms with E-state index in [4.69, 9.17) is 0 Å². The SMILES string of the molecule is CN=C\C=C/C(C)=N/C=C(\C)C#Cc1cc(C(C)=O)ccc1C. The Morgan fingerprint density at radius 1 is 1.22 bits per heavy atom. The van der Waals surface area contributed by atoms with Gasteiger partial charge in [-0.2, -0.15) is 0 Å². The summed E-state index contributed by atoms with van der Waals surface area (Å²) in [7, 11) is 1.72. The minimum Gasteiger partial charge on any atom is -0.297 e. The fraction of sp³-hybridized carbons (Fsp3) is 0.250. The molecule has 23 heavy (non-hydrogen) atoms. The van der Waals surface area contributed by atoms with E-state index < -0.39 is 0 Å². The Labute approximate surface area is 138 Å². The van der Waals surface area contributed by atoms with Crippen LogP contribution in [-0.4, -0.2) is 24.8 Å². The molecule has 0 radical (unpaired) electrons. The summed E-state index contributed by atoms with van der Waals surface area (Å²) in [4.78, 5) is 19.6. The van der Waals surface area contributed by atoms with Gasteiger partial charge in [-0.3, -0.25) is 14.8 Å². The van der Waals surface area contributed by atoms with Crippen molar-refractivity contribution >= 4 is 17.7 Å². The summed E-state index contributed by atoms with van der Waals surface area (Å²) in [6.45, 7) is 7.36. The zero-order chi connectivity index (χ0) is 17.2. The van der Waals surface area contributed by atoms with Crippen LogP contribution in [0.25, 0.3) is 0 Å². The molecule has 0 amide bonds. The molecule has 118 valence electrons. The Morgan fingerprint density at radius 3 is 2.61 bits per heavy atom. The van der Waals surface area contributed by atoms with E-state index in [2.05, 4.69) is 21.8 Å². The van der Waals surface area contributed by atoms with Crippen molar-refractivity contribution in [2.75, 3.05) is 7.05 Å². The van der Waals surface area contributed by atoms with Crippen molar-refractivity contribution in [3.63, 3.8) is 0 Å². The monoisotopic (exact) mass is 306 g/mol. The molecular formula is C20H22N2O. The van der Waals surface area contributed by atoms with Gasteiger partial charge in [0.1, 0.15) is 0 Å². The first kappa shape index (κ1) is 18.3. The summed E-state index contributed by atoms with van der Waals surface area (Å²) >= 11 is 0. The zero-order valence-corrected chi connectivity index (χ0v) is 14.3. The topological polar surface area (TPSA) is 41.8 Å². The molecule has 0 aromatic heterocycles. The van der Waals surface area contributed by atoms with Crippen molar-refractivity contribution in [2.24, 2.45) is 9.98 Å². The molecule has 0 unspecified atom stereocenters. The van der Waals surface area contributed by atoms with Crippen LogP contribution in [0.15, 0.2) is 52.1 Å². The number of Topliss-reactive ketones (excluding diaryl/α,β-unsaturated/α-hetero) is 1. The number of allylic oxidation sites excluding steroid dienone is 3. The number of hydrogen-bond acceptors (Lipinski definition) is 3. The highest BCUT2D eigenvalue weighted by atomic mass is 16.1. The normalized spacial score (nSPS) is 12.6. The summed E-state index contributed by atoms with van der Waals surface area (Å²) in [6.07, 6.45) is 7.16. The molecule has 0 N–H and O–H groups in total. The van der Waals surface area contributed by atoms with Crippen LogP contribution in [0.5, 0.6) is 0 Å². The van der Waals surface area contributed by atoms with Crippen molar-refractivity contribution < 1.29 is 4.79 Å². The maximum Gasteiger partial charge on any atom is 0.159 e. The summed E-state index contributed by atoms with van der Waals surface area (Å²) in [5, 5.41) is 0. The molecule has 1 rings (SSSR count). The van der Waals surface area contributed by atoms with E-state index >= 15 is 0 Å². The van der Waals surface area contributed by atoms with E-state index in [1.54, 1.807) is 26.4 Å². The number of benzene rings is 1. The van der Waals surface area contributed by atoms with E-state index in [1.165, 1.54) is 0 Å². The van der Waals surface area contributed by atoms with Crippen LogP contribution in [0.3, 0.4) is 0 Å². The number of carbonyl (C=O) groups excluding carboxylic acids is 1. The standard InChI is InChI=1S/C20H22N2O/c1-15(14-22-17(3)7-6-12-21-5)8-10-19-13-20(18(4)23)11-9-16(19)2/h6-7,9,11-14H,1-5H3/b7-6-,15-14+,21-12?,22-17+. The van der Waals surface area contributed by atoms with E-state index in [1.807, 2.05) is 51.1 Å². The Balaban J connectivity index is 2.94. The van der Waals surface area contributed by atoms with Crippen LogP contribution in [0.4, 0.5) is 0 Å². The van der Waals surface area contributed by atoms with Gasteiger partial charge < -0.3 is 0 Å². The number of aryl methyl sites for hydroxylation is 1. The molecule has 0 aliphatic heterocycles. The Morgan fingerprint density at radius 2 is 1.96 bits per heavy atom. The van der Waals surface area contributed by atoms with Gasteiger partial charge in [-0.05, 0) is 51.5 Å². The molecular weight excluding hydrogens is 284 g/mol. The number of aliphatic imine (C=N–C) groups is 2. The zero-order valence-electron chi connectivity index (χ0n) is 14.3. The first-order chi connectivity index (χ1) is 10.9. The second-order valence-electron chi connectivity index (χ2n) is 5.18. The molecule has 0 atom stereocenters. The van der Waals surface area contributed by atoms with Gasteiger partial charge >= 0.3 is 0 Å². The smallest absolute Gasteiger partial charge is 0.159 e. The molecule has 0 bridgehead atoms. The van der Waals surface area contributed by atoms with Crippen molar-refractivity contribution in [1.29, 1.82) is 0 Å². The quantitative estimate of drug-likeness (QED) is 0.467. The molecule has 0 heterocycles. The molecule has 0 aliphatic carbocycles. The van der Waals surface area contributed by atoms with Crippen LogP contribution in [0, 0.1) is 18.8 Å². The molecule has 0 saturated carbocycles. The highest BCUT2D eigenvalue weighted by molar-refractivity contribution is 5.96. The average Bonchev–Trinajstić information content (AvgIpc) is 2.52. The average molecular weight is 306 g/mol. The van der Waals surface area contributed by atoms with Crippen LogP contribution >= 0.6 is 0 Å². The summed E-state index contributed by atoms with van der Waals surface area (Å²) in [6, 6.07) is 5.58. The fourth-order valence-electron chi connectivity index (χ4n) is 1.68. The van der Waals surface area contributed by atoms with E-state index in [0.29, 0.717) is 5.56 Å². The molecule has 1 aromatic carbocycles. The third-order valence-electron chi connectivity index (χ3n) is 3.07. The Kier molecular flexibility index (Phi) is 7.42. The van der Waals surface area contributed by atoms with E-state index in [9.17, 15) is 4.79 Å². The number of rotatable bonds is 4. The first-order valence-electron chi connectivity index (χ1n) is 7.37. The van der Waals surface area contributed by atoms with E-state index in [-0.39, 0.29) is 5.78 Å². The third-order valence-corrected chi connectivity index (χ3v) is 3.07. The summed E-state index contributed by atoms with van der Waals surface area (Å²) < 4.78 is 0. The van der Waals surface area contributed by atoms with Gasteiger partial charge in [0.15, 0.2) is 5.78 Å².